The Labute approximate surface area is 127 Å². The summed E-state index contributed by atoms with van der Waals surface area (Å²) in [5, 5.41) is 2.28. The molecule has 1 saturated heterocycles. The molecule has 0 N–H and O–H groups in total. The Balaban J connectivity index is 1.85. The minimum atomic E-state index is 0.0836. The Bertz CT molecular complexity index is 643. The molecule has 2 nitrogen and oxygen atoms in total. The lowest BCUT2D eigenvalue weighted by Gasteiger charge is -2.30. The third-order valence-corrected chi connectivity index (χ3v) is 7.12. The highest BCUT2D eigenvalue weighted by molar-refractivity contribution is 8.08. The van der Waals surface area contributed by atoms with Gasteiger partial charge in [-0.3, -0.25) is 9.78 Å². The highest BCUT2D eigenvalue weighted by Gasteiger charge is 2.30. The van der Waals surface area contributed by atoms with Crippen molar-refractivity contribution in [3.8, 4) is 0 Å². The van der Waals surface area contributed by atoms with E-state index in [9.17, 15) is 4.79 Å². The molecule has 1 aliphatic rings. The van der Waals surface area contributed by atoms with Gasteiger partial charge in [-0.15, -0.1) is 11.8 Å². The molecule has 3 unspecified atom stereocenters. The van der Waals surface area contributed by atoms with E-state index in [4.69, 9.17) is 0 Å². The van der Waals surface area contributed by atoms with Crippen LogP contribution in [0.15, 0.2) is 36.5 Å². The highest BCUT2D eigenvalue weighted by Crippen LogP contribution is 2.37. The fourth-order valence-corrected chi connectivity index (χ4v) is 5.21. The monoisotopic (exact) mass is 303 g/mol. The van der Waals surface area contributed by atoms with E-state index in [-0.39, 0.29) is 11.0 Å². The Morgan fingerprint density at radius 2 is 2.10 bits per heavy atom. The molecule has 4 heteroatoms. The molecule has 2 aromatic rings. The van der Waals surface area contributed by atoms with Crippen LogP contribution in [-0.4, -0.2) is 32.3 Å². The minimum Gasteiger partial charge on any atom is -0.293 e. The fourth-order valence-electron chi connectivity index (χ4n) is 2.34. The van der Waals surface area contributed by atoms with Crippen molar-refractivity contribution in [2.45, 2.75) is 29.6 Å². The number of rotatable bonds is 2. The van der Waals surface area contributed by atoms with Crippen LogP contribution in [0.1, 0.15) is 24.2 Å². The maximum atomic E-state index is 12.6. The topological polar surface area (TPSA) is 30.0 Å². The molecule has 0 spiro atoms. The first-order valence-electron chi connectivity index (χ1n) is 6.81. The summed E-state index contributed by atoms with van der Waals surface area (Å²) in [4.78, 5) is 16.9. The van der Waals surface area contributed by atoms with Crippen molar-refractivity contribution in [1.29, 1.82) is 0 Å². The summed E-state index contributed by atoms with van der Waals surface area (Å²) in [5.74, 6) is 1.17. The van der Waals surface area contributed by atoms with Crippen LogP contribution in [0.4, 0.5) is 0 Å². The molecule has 1 fully saturated rings. The van der Waals surface area contributed by atoms with Crippen molar-refractivity contribution in [1.82, 2.24) is 4.98 Å². The van der Waals surface area contributed by atoms with Crippen molar-refractivity contribution in [2.24, 2.45) is 0 Å². The summed E-state index contributed by atoms with van der Waals surface area (Å²) >= 11 is 3.72. The number of pyridine rings is 1. The molecule has 2 heterocycles. The van der Waals surface area contributed by atoms with Gasteiger partial charge in [-0.1, -0.05) is 19.9 Å². The zero-order valence-corrected chi connectivity index (χ0v) is 13.2. The number of hydrogen-bond donors (Lipinski definition) is 0. The van der Waals surface area contributed by atoms with Crippen molar-refractivity contribution < 1.29 is 4.79 Å². The second kappa shape index (κ2) is 5.78. The smallest absolute Gasteiger partial charge is 0.176 e. The van der Waals surface area contributed by atoms with E-state index in [1.165, 1.54) is 0 Å². The molecule has 0 aliphatic carbocycles. The van der Waals surface area contributed by atoms with E-state index < -0.39 is 0 Å². The third kappa shape index (κ3) is 2.72. The molecule has 0 radical (unpaired) electrons. The van der Waals surface area contributed by atoms with Crippen LogP contribution in [0.2, 0.25) is 0 Å². The number of Topliss-reactive ketones (excluding diaryl/α,β-unsaturated/α-hetero) is 1. The third-order valence-electron chi connectivity index (χ3n) is 3.73. The number of aromatic nitrogens is 1. The largest absolute Gasteiger partial charge is 0.293 e. The van der Waals surface area contributed by atoms with Gasteiger partial charge in [0.25, 0.3) is 0 Å². The molecule has 20 heavy (non-hydrogen) atoms. The maximum Gasteiger partial charge on any atom is 0.176 e. The van der Waals surface area contributed by atoms with Gasteiger partial charge in [-0.05, 0) is 24.3 Å². The summed E-state index contributed by atoms with van der Waals surface area (Å²) in [6, 6.07) is 9.73. The summed E-state index contributed by atoms with van der Waals surface area (Å²) in [7, 11) is 0. The number of fused-ring (bicyclic) bond motifs is 1. The zero-order valence-electron chi connectivity index (χ0n) is 11.6. The summed E-state index contributed by atoms with van der Waals surface area (Å²) in [5.41, 5.74) is 1.75. The van der Waals surface area contributed by atoms with Crippen LogP contribution in [0, 0.1) is 0 Å². The number of carbonyl (C=O) groups excluding carboxylic acids is 1. The van der Waals surface area contributed by atoms with Crippen molar-refractivity contribution in [2.75, 3.05) is 5.75 Å². The Morgan fingerprint density at radius 1 is 1.25 bits per heavy atom. The highest BCUT2D eigenvalue weighted by atomic mass is 32.2. The lowest BCUT2D eigenvalue weighted by molar-refractivity contribution is 0.0995. The number of thioether (sulfide) groups is 2. The fraction of sp³-hybridized carbons (Fsp3) is 0.375. The molecular formula is C16H17NOS2. The first-order chi connectivity index (χ1) is 9.65. The van der Waals surface area contributed by atoms with Gasteiger partial charge in [0.05, 0.1) is 10.8 Å². The average molecular weight is 303 g/mol. The van der Waals surface area contributed by atoms with Crippen LogP contribution in [0.5, 0.6) is 0 Å². The first kappa shape index (κ1) is 14.0. The van der Waals surface area contributed by atoms with E-state index in [1.54, 1.807) is 6.20 Å². The van der Waals surface area contributed by atoms with E-state index in [0.29, 0.717) is 10.5 Å². The molecule has 1 aromatic heterocycles. The maximum absolute atomic E-state index is 12.6. The van der Waals surface area contributed by atoms with Gasteiger partial charge in [0.2, 0.25) is 0 Å². The van der Waals surface area contributed by atoms with Crippen LogP contribution >= 0.6 is 23.5 Å². The minimum absolute atomic E-state index is 0.0836. The lowest BCUT2D eigenvalue weighted by atomic mass is 10.1. The first-order valence-corrected chi connectivity index (χ1v) is 8.80. The van der Waals surface area contributed by atoms with Gasteiger partial charge >= 0.3 is 0 Å². The number of nitrogens with zero attached hydrogens (tertiary/aromatic N) is 1. The SMILES string of the molecule is CC1SCC(C(=O)c2ccc3ncccc3c2)SC1C. The normalized spacial score (nSPS) is 26.6. The Morgan fingerprint density at radius 3 is 2.90 bits per heavy atom. The molecule has 104 valence electrons. The van der Waals surface area contributed by atoms with Crippen LogP contribution in [0.3, 0.4) is 0 Å². The second-order valence-corrected chi connectivity index (χ2v) is 8.14. The molecule has 3 rings (SSSR count). The van der Waals surface area contributed by atoms with Crippen molar-refractivity contribution >= 4 is 40.2 Å². The van der Waals surface area contributed by atoms with Crippen molar-refractivity contribution in [3.05, 3.63) is 42.1 Å². The molecule has 0 saturated carbocycles. The van der Waals surface area contributed by atoms with E-state index in [0.717, 1.165) is 22.2 Å². The average Bonchev–Trinajstić information content (AvgIpc) is 2.49. The molecule has 1 aromatic carbocycles. The van der Waals surface area contributed by atoms with E-state index in [1.807, 2.05) is 53.9 Å². The molecular weight excluding hydrogens is 286 g/mol. The van der Waals surface area contributed by atoms with Gasteiger partial charge < -0.3 is 0 Å². The standard InChI is InChI=1S/C16H17NOS2/c1-10-11(2)20-15(9-19-10)16(18)13-5-6-14-12(8-13)4-3-7-17-14/h3-8,10-11,15H,9H2,1-2H3. The quantitative estimate of drug-likeness (QED) is 0.783. The van der Waals surface area contributed by atoms with Gasteiger partial charge in [0.1, 0.15) is 0 Å². The van der Waals surface area contributed by atoms with Gasteiger partial charge in [0.15, 0.2) is 5.78 Å². The number of hydrogen-bond acceptors (Lipinski definition) is 4. The van der Waals surface area contributed by atoms with Crippen LogP contribution in [-0.2, 0) is 0 Å². The molecule has 0 amide bonds. The van der Waals surface area contributed by atoms with E-state index in [2.05, 4.69) is 18.8 Å². The predicted molar refractivity (Wildman–Crippen MR) is 88.8 cm³/mol. The number of benzene rings is 1. The number of ketones is 1. The van der Waals surface area contributed by atoms with Crippen LogP contribution < -0.4 is 0 Å². The lowest BCUT2D eigenvalue weighted by Crippen LogP contribution is -2.31. The Kier molecular flexibility index (Phi) is 4.03. The summed E-state index contributed by atoms with van der Waals surface area (Å²) < 4.78 is 0. The zero-order chi connectivity index (χ0) is 14.1. The Hall–Kier alpha value is -1.000. The van der Waals surface area contributed by atoms with E-state index >= 15 is 0 Å². The molecule has 3 atom stereocenters. The van der Waals surface area contributed by atoms with Gasteiger partial charge in [-0.2, -0.15) is 11.8 Å². The van der Waals surface area contributed by atoms with Crippen molar-refractivity contribution in [3.63, 3.8) is 0 Å². The predicted octanol–water partition coefficient (Wildman–Crippen LogP) is 4.04. The summed E-state index contributed by atoms with van der Waals surface area (Å²) in [6.45, 7) is 4.46. The molecule has 0 bridgehead atoms. The van der Waals surface area contributed by atoms with Crippen LogP contribution in [0.25, 0.3) is 10.9 Å². The van der Waals surface area contributed by atoms with Gasteiger partial charge in [0, 0.05) is 33.4 Å². The molecule has 1 aliphatic heterocycles. The second-order valence-electron chi connectivity index (χ2n) is 5.14. The van der Waals surface area contributed by atoms with Gasteiger partial charge in [-0.25, -0.2) is 0 Å². The summed E-state index contributed by atoms with van der Waals surface area (Å²) in [6.07, 6.45) is 1.78. The number of carbonyl (C=O) groups is 1.